The fourth-order valence-corrected chi connectivity index (χ4v) is 4.08. The molecule has 19 heavy (non-hydrogen) atoms. The van der Waals surface area contributed by atoms with Crippen LogP contribution in [0.5, 0.6) is 0 Å². The lowest BCUT2D eigenvalue weighted by molar-refractivity contribution is -0.00524. The van der Waals surface area contributed by atoms with Crippen LogP contribution in [-0.4, -0.2) is 35.1 Å². The highest BCUT2D eigenvalue weighted by atomic mass is 15.2. The lowest BCUT2D eigenvalue weighted by atomic mass is 9.80. The molecule has 3 nitrogen and oxygen atoms in total. The Kier molecular flexibility index (Phi) is 3.85. The van der Waals surface area contributed by atoms with E-state index < -0.39 is 0 Å². The smallest absolute Gasteiger partial charge is 0.0341 e. The van der Waals surface area contributed by atoms with E-state index in [1.165, 1.54) is 37.7 Å². The Morgan fingerprint density at radius 3 is 2.63 bits per heavy atom. The van der Waals surface area contributed by atoms with Gasteiger partial charge < -0.3 is 5.32 Å². The van der Waals surface area contributed by atoms with Crippen LogP contribution in [0.1, 0.15) is 50.6 Å². The third kappa shape index (κ3) is 2.54. The van der Waals surface area contributed by atoms with E-state index in [1.807, 2.05) is 12.4 Å². The summed E-state index contributed by atoms with van der Waals surface area (Å²) >= 11 is 0. The number of rotatable bonds is 3. The van der Waals surface area contributed by atoms with Gasteiger partial charge in [0, 0.05) is 36.6 Å². The molecule has 2 fully saturated rings. The minimum Gasteiger partial charge on any atom is -0.317 e. The molecule has 104 valence electrons. The zero-order valence-corrected chi connectivity index (χ0v) is 12.0. The Morgan fingerprint density at radius 2 is 2.05 bits per heavy atom. The van der Waals surface area contributed by atoms with Crippen molar-refractivity contribution in [2.45, 2.75) is 63.2 Å². The second-order valence-electron chi connectivity index (χ2n) is 6.11. The Hall–Kier alpha value is -0.930. The molecule has 2 aliphatic heterocycles. The predicted molar refractivity (Wildman–Crippen MR) is 78.0 cm³/mol. The topological polar surface area (TPSA) is 28.2 Å². The van der Waals surface area contributed by atoms with E-state index in [1.54, 1.807) is 0 Å². The average Bonchev–Trinajstić information content (AvgIpc) is 2.46. The van der Waals surface area contributed by atoms with Crippen molar-refractivity contribution in [3.8, 4) is 0 Å². The Morgan fingerprint density at radius 1 is 1.32 bits per heavy atom. The van der Waals surface area contributed by atoms with Gasteiger partial charge in [0.05, 0.1) is 0 Å². The maximum atomic E-state index is 4.29. The summed E-state index contributed by atoms with van der Waals surface area (Å²) in [5.41, 5.74) is 1.36. The van der Waals surface area contributed by atoms with Crippen molar-refractivity contribution < 1.29 is 0 Å². The third-order valence-corrected chi connectivity index (χ3v) is 5.05. The van der Waals surface area contributed by atoms with Gasteiger partial charge in [-0.2, -0.15) is 0 Å². The number of fused-ring (bicyclic) bond motifs is 2. The van der Waals surface area contributed by atoms with Crippen molar-refractivity contribution in [2.75, 3.05) is 7.05 Å². The fraction of sp³-hybridized carbons (Fsp3) is 0.688. The third-order valence-electron chi connectivity index (χ3n) is 5.05. The minimum absolute atomic E-state index is 0.502. The molecule has 0 amide bonds. The molecule has 3 unspecified atom stereocenters. The number of nitrogens with zero attached hydrogens (tertiary/aromatic N) is 2. The van der Waals surface area contributed by atoms with Gasteiger partial charge in [0.15, 0.2) is 0 Å². The summed E-state index contributed by atoms with van der Waals surface area (Å²) in [6.07, 6.45) is 10.6. The van der Waals surface area contributed by atoms with Crippen LogP contribution in [0, 0.1) is 0 Å². The van der Waals surface area contributed by atoms with Gasteiger partial charge in [0.2, 0.25) is 0 Å². The molecule has 1 aromatic heterocycles. The molecular formula is C16H25N3. The van der Waals surface area contributed by atoms with Gasteiger partial charge in [-0.15, -0.1) is 0 Å². The second-order valence-corrected chi connectivity index (χ2v) is 6.11. The highest BCUT2D eigenvalue weighted by Crippen LogP contribution is 2.39. The highest BCUT2D eigenvalue weighted by Gasteiger charge is 2.40. The van der Waals surface area contributed by atoms with Gasteiger partial charge in [-0.25, -0.2) is 0 Å². The van der Waals surface area contributed by atoms with E-state index in [0.717, 1.165) is 12.1 Å². The maximum Gasteiger partial charge on any atom is 0.0341 e. The zero-order chi connectivity index (χ0) is 13.2. The first-order chi connectivity index (χ1) is 9.29. The van der Waals surface area contributed by atoms with Gasteiger partial charge in [-0.3, -0.25) is 9.88 Å². The van der Waals surface area contributed by atoms with Crippen molar-refractivity contribution in [3.63, 3.8) is 0 Å². The van der Waals surface area contributed by atoms with Crippen LogP contribution < -0.4 is 5.32 Å². The van der Waals surface area contributed by atoms with Crippen LogP contribution in [0.2, 0.25) is 0 Å². The van der Waals surface area contributed by atoms with Crippen molar-refractivity contribution in [2.24, 2.45) is 0 Å². The second kappa shape index (κ2) is 5.59. The van der Waals surface area contributed by atoms with Crippen LogP contribution >= 0.6 is 0 Å². The van der Waals surface area contributed by atoms with Gasteiger partial charge in [0.1, 0.15) is 0 Å². The van der Waals surface area contributed by atoms with E-state index >= 15 is 0 Å². The molecule has 3 heteroatoms. The molecular weight excluding hydrogens is 234 g/mol. The maximum absolute atomic E-state index is 4.29. The first-order valence-corrected chi connectivity index (χ1v) is 7.64. The lowest BCUT2D eigenvalue weighted by Crippen LogP contribution is -2.56. The Balaban J connectivity index is 1.80. The van der Waals surface area contributed by atoms with Gasteiger partial charge in [-0.1, -0.05) is 12.5 Å². The van der Waals surface area contributed by atoms with E-state index in [9.17, 15) is 0 Å². The minimum atomic E-state index is 0.502. The number of aromatic nitrogens is 1. The number of hydrogen-bond acceptors (Lipinski definition) is 3. The van der Waals surface area contributed by atoms with E-state index in [4.69, 9.17) is 0 Å². The molecule has 1 N–H and O–H groups in total. The van der Waals surface area contributed by atoms with Crippen LogP contribution in [0.4, 0.5) is 0 Å². The summed E-state index contributed by atoms with van der Waals surface area (Å²) < 4.78 is 0. The molecule has 3 heterocycles. The lowest BCUT2D eigenvalue weighted by Gasteiger charge is -2.51. The summed E-state index contributed by atoms with van der Waals surface area (Å²) in [5.74, 6) is 0. The van der Waals surface area contributed by atoms with Crippen molar-refractivity contribution in [1.82, 2.24) is 15.2 Å². The fourth-order valence-electron chi connectivity index (χ4n) is 4.08. The number of nitrogens with one attached hydrogen (secondary N) is 1. The average molecular weight is 259 g/mol. The van der Waals surface area contributed by atoms with Gasteiger partial charge >= 0.3 is 0 Å². The van der Waals surface area contributed by atoms with Crippen LogP contribution in [0.25, 0.3) is 0 Å². The number of piperidine rings is 2. The summed E-state index contributed by atoms with van der Waals surface area (Å²) in [4.78, 5) is 7.06. The molecule has 0 spiro atoms. The normalized spacial score (nSPS) is 33.1. The van der Waals surface area contributed by atoms with E-state index in [2.05, 4.69) is 41.3 Å². The summed E-state index contributed by atoms with van der Waals surface area (Å²) in [7, 11) is 2.11. The van der Waals surface area contributed by atoms with Crippen LogP contribution in [-0.2, 0) is 0 Å². The predicted octanol–water partition coefficient (Wildman–Crippen LogP) is 2.75. The monoisotopic (exact) mass is 259 g/mol. The number of hydrogen-bond donors (Lipinski definition) is 1. The Labute approximate surface area is 116 Å². The summed E-state index contributed by atoms with van der Waals surface area (Å²) in [5, 5.41) is 3.49. The molecule has 3 rings (SSSR count). The molecule has 0 saturated carbocycles. The zero-order valence-electron chi connectivity index (χ0n) is 12.0. The molecule has 0 aliphatic carbocycles. The first-order valence-electron chi connectivity index (χ1n) is 7.64. The standard InChI is InChI=1S/C16H25N3/c1-12(13-5-4-8-18-11-13)19-15-6-3-7-16(19)10-14(9-15)17-2/h4-5,8,11-12,14-17H,3,6-7,9-10H2,1-2H3. The molecule has 2 bridgehead atoms. The SMILES string of the molecule is CNC1CC2CCCC(C1)N2C(C)c1cccnc1. The van der Waals surface area contributed by atoms with Crippen LogP contribution in [0.3, 0.4) is 0 Å². The quantitative estimate of drug-likeness (QED) is 0.904. The molecule has 1 aromatic rings. The summed E-state index contributed by atoms with van der Waals surface area (Å²) in [6.45, 7) is 2.35. The molecule has 0 radical (unpaired) electrons. The van der Waals surface area contributed by atoms with Crippen molar-refractivity contribution in [3.05, 3.63) is 30.1 Å². The molecule has 2 saturated heterocycles. The van der Waals surface area contributed by atoms with Crippen molar-refractivity contribution >= 4 is 0 Å². The van der Waals surface area contributed by atoms with Crippen LogP contribution in [0.15, 0.2) is 24.5 Å². The highest BCUT2D eigenvalue weighted by molar-refractivity contribution is 5.15. The Bertz CT molecular complexity index is 392. The molecule has 0 aromatic carbocycles. The van der Waals surface area contributed by atoms with Gasteiger partial charge in [-0.05, 0) is 51.3 Å². The first kappa shape index (κ1) is 13.1. The summed E-state index contributed by atoms with van der Waals surface area (Å²) in [6, 6.07) is 6.99. The number of pyridine rings is 1. The molecule has 3 atom stereocenters. The van der Waals surface area contributed by atoms with E-state index in [0.29, 0.717) is 12.1 Å². The van der Waals surface area contributed by atoms with Gasteiger partial charge in [0.25, 0.3) is 0 Å². The van der Waals surface area contributed by atoms with Crippen molar-refractivity contribution in [1.29, 1.82) is 0 Å². The van der Waals surface area contributed by atoms with E-state index in [-0.39, 0.29) is 0 Å². The largest absolute Gasteiger partial charge is 0.317 e. The molecule has 2 aliphatic rings.